The van der Waals surface area contributed by atoms with Crippen LogP contribution in [0.3, 0.4) is 0 Å². The monoisotopic (exact) mass is 297 g/mol. The zero-order valence-corrected chi connectivity index (χ0v) is 12.4. The van der Waals surface area contributed by atoms with Gasteiger partial charge in [-0.1, -0.05) is 0 Å². The molecule has 2 aliphatic heterocycles. The summed E-state index contributed by atoms with van der Waals surface area (Å²) in [6.07, 6.45) is 2.95. The van der Waals surface area contributed by atoms with Crippen LogP contribution in [0.4, 0.5) is 4.79 Å². The van der Waals surface area contributed by atoms with Gasteiger partial charge in [0.1, 0.15) is 6.04 Å². The molecule has 2 atom stereocenters. The molecule has 7 heteroatoms. The summed E-state index contributed by atoms with van der Waals surface area (Å²) in [6.45, 7) is 3.59. The lowest BCUT2D eigenvalue weighted by atomic mass is 9.96. The van der Waals surface area contributed by atoms with Crippen LogP contribution in [0, 0.1) is 5.92 Å². The highest BCUT2D eigenvalue weighted by atomic mass is 16.5. The molecule has 2 aliphatic rings. The predicted molar refractivity (Wildman–Crippen MR) is 75.2 cm³/mol. The molecule has 7 nitrogen and oxygen atoms in total. The normalized spacial score (nSPS) is 25.8. The van der Waals surface area contributed by atoms with E-state index < -0.39 is 12.1 Å². The second kappa shape index (κ2) is 6.78. The maximum atomic E-state index is 12.6. The molecule has 0 aromatic carbocycles. The summed E-state index contributed by atoms with van der Waals surface area (Å²) in [5, 5.41) is 0. The van der Waals surface area contributed by atoms with Crippen LogP contribution in [0.25, 0.3) is 0 Å². The van der Waals surface area contributed by atoms with Crippen molar-refractivity contribution < 1.29 is 19.1 Å². The predicted octanol–water partition coefficient (Wildman–Crippen LogP) is 0.331. The van der Waals surface area contributed by atoms with Crippen LogP contribution in [0.2, 0.25) is 0 Å². The quantitative estimate of drug-likeness (QED) is 0.760. The number of hydrogen-bond donors (Lipinski definition) is 1. The molecule has 2 N–H and O–H groups in total. The minimum atomic E-state index is -0.490. The molecule has 21 heavy (non-hydrogen) atoms. The van der Waals surface area contributed by atoms with E-state index in [-0.39, 0.29) is 17.8 Å². The minimum absolute atomic E-state index is 0.0588. The highest BCUT2D eigenvalue weighted by Gasteiger charge is 2.39. The summed E-state index contributed by atoms with van der Waals surface area (Å²) in [6, 6.07) is -0.961. The molecule has 0 aliphatic carbocycles. The summed E-state index contributed by atoms with van der Waals surface area (Å²) in [4.78, 5) is 38.9. The van der Waals surface area contributed by atoms with Gasteiger partial charge in [0.2, 0.25) is 5.91 Å². The molecule has 0 saturated carbocycles. The lowest BCUT2D eigenvalue weighted by Gasteiger charge is -2.34. The van der Waals surface area contributed by atoms with Gasteiger partial charge in [-0.15, -0.1) is 0 Å². The van der Waals surface area contributed by atoms with Crippen LogP contribution in [-0.2, 0) is 14.3 Å². The molecule has 2 heterocycles. The molecule has 2 fully saturated rings. The number of amides is 3. The average Bonchev–Trinajstić information content (AvgIpc) is 2.96. The van der Waals surface area contributed by atoms with Gasteiger partial charge in [-0.25, -0.2) is 9.59 Å². The molecule has 2 saturated heterocycles. The van der Waals surface area contributed by atoms with Crippen molar-refractivity contribution in [2.24, 2.45) is 11.7 Å². The van der Waals surface area contributed by atoms with E-state index in [9.17, 15) is 14.4 Å². The van der Waals surface area contributed by atoms with Gasteiger partial charge in [-0.05, 0) is 32.6 Å². The van der Waals surface area contributed by atoms with Gasteiger partial charge in [0, 0.05) is 19.6 Å². The number of hydrogen-bond acceptors (Lipinski definition) is 4. The lowest BCUT2D eigenvalue weighted by molar-refractivity contribution is -0.154. The number of nitrogens with zero attached hydrogens (tertiary/aromatic N) is 2. The standard InChI is InChI=1S/C14H23N3O4/c1-2-21-13(19)11-6-4-8-17(11)12(18)10-5-3-7-16(9-10)14(15)20/h10-11H,2-9H2,1H3,(H2,15,20). The van der Waals surface area contributed by atoms with Crippen molar-refractivity contribution in [3.8, 4) is 0 Å². The van der Waals surface area contributed by atoms with Crippen LogP contribution in [0.1, 0.15) is 32.6 Å². The Kier molecular flexibility index (Phi) is 5.03. The topological polar surface area (TPSA) is 92.9 Å². The Bertz CT molecular complexity index is 426. The van der Waals surface area contributed by atoms with E-state index in [1.165, 1.54) is 4.90 Å². The van der Waals surface area contributed by atoms with Gasteiger partial charge >= 0.3 is 12.0 Å². The summed E-state index contributed by atoms with van der Waals surface area (Å²) >= 11 is 0. The molecule has 0 spiro atoms. The van der Waals surface area contributed by atoms with Crippen LogP contribution in [0.15, 0.2) is 0 Å². The molecule has 3 amide bonds. The summed E-state index contributed by atoms with van der Waals surface area (Å²) in [5.41, 5.74) is 5.29. The van der Waals surface area contributed by atoms with Crippen molar-refractivity contribution in [3.05, 3.63) is 0 Å². The fraction of sp³-hybridized carbons (Fsp3) is 0.786. The fourth-order valence-electron chi connectivity index (χ4n) is 3.13. The smallest absolute Gasteiger partial charge is 0.328 e. The first-order chi connectivity index (χ1) is 10.0. The van der Waals surface area contributed by atoms with Crippen LogP contribution < -0.4 is 5.73 Å². The highest BCUT2D eigenvalue weighted by molar-refractivity contribution is 5.87. The molecular weight excluding hydrogens is 274 g/mol. The third kappa shape index (κ3) is 3.46. The summed E-state index contributed by atoms with van der Waals surface area (Å²) in [5.74, 6) is -0.649. The largest absolute Gasteiger partial charge is 0.464 e. The summed E-state index contributed by atoms with van der Waals surface area (Å²) < 4.78 is 5.04. The Hall–Kier alpha value is -1.79. The molecule has 0 radical (unpaired) electrons. The van der Waals surface area contributed by atoms with Gasteiger partial charge < -0.3 is 20.3 Å². The Morgan fingerprint density at radius 1 is 1.19 bits per heavy atom. The van der Waals surface area contributed by atoms with E-state index in [0.29, 0.717) is 32.7 Å². The van der Waals surface area contributed by atoms with Crippen LogP contribution in [0.5, 0.6) is 0 Å². The number of piperidine rings is 1. The highest BCUT2D eigenvalue weighted by Crippen LogP contribution is 2.25. The lowest BCUT2D eigenvalue weighted by Crippen LogP contribution is -2.50. The van der Waals surface area contributed by atoms with E-state index in [4.69, 9.17) is 10.5 Å². The first-order valence-electron chi connectivity index (χ1n) is 7.56. The zero-order chi connectivity index (χ0) is 15.4. The van der Waals surface area contributed by atoms with E-state index in [2.05, 4.69) is 0 Å². The van der Waals surface area contributed by atoms with Crippen molar-refractivity contribution in [2.45, 2.75) is 38.6 Å². The molecule has 0 aromatic rings. The van der Waals surface area contributed by atoms with Crippen LogP contribution >= 0.6 is 0 Å². The van der Waals surface area contributed by atoms with Gasteiger partial charge in [-0.2, -0.15) is 0 Å². The number of rotatable bonds is 3. The van der Waals surface area contributed by atoms with E-state index >= 15 is 0 Å². The third-order valence-corrected chi connectivity index (χ3v) is 4.18. The van der Waals surface area contributed by atoms with Crippen LogP contribution in [-0.4, -0.2) is 60.0 Å². The maximum Gasteiger partial charge on any atom is 0.328 e. The Morgan fingerprint density at radius 3 is 2.57 bits per heavy atom. The Morgan fingerprint density at radius 2 is 1.90 bits per heavy atom. The van der Waals surface area contributed by atoms with Gasteiger partial charge in [0.25, 0.3) is 0 Å². The van der Waals surface area contributed by atoms with Crippen molar-refractivity contribution in [1.82, 2.24) is 9.80 Å². The Labute approximate surface area is 124 Å². The first kappa shape index (κ1) is 15.6. The van der Waals surface area contributed by atoms with E-state index in [0.717, 1.165) is 19.3 Å². The number of esters is 1. The number of primary amides is 1. The SMILES string of the molecule is CCOC(=O)C1CCCN1C(=O)C1CCCN(C(N)=O)C1. The molecule has 2 unspecified atom stereocenters. The van der Waals surface area contributed by atoms with Crippen molar-refractivity contribution in [3.63, 3.8) is 0 Å². The van der Waals surface area contributed by atoms with E-state index in [1.54, 1.807) is 11.8 Å². The number of nitrogens with two attached hydrogens (primary N) is 1. The number of carbonyl (C=O) groups excluding carboxylic acids is 3. The number of carbonyl (C=O) groups is 3. The maximum absolute atomic E-state index is 12.6. The fourth-order valence-corrected chi connectivity index (χ4v) is 3.13. The number of ether oxygens (including phenoxy) is 1. The Balaban J connectivity index is 2.01. The molecule has 0 bridgehead atoms. The van der Waals surface area contributed by atoms with Crippen molar-refractivity contribution in [1.29, 1.82) is 0 Å². The molecule has 2 rings (SSSR count). The first-order valence-corrected chi connectivity index (χ1v) is 7.56. The van der Waals surface area contributed by atoms with E-state index in [1.807, 2.05) is 0 Å². The van der Waals surface area contributed by atoms with Crippen molar-refractivity contribution in [2.75, 3.05) is 26.2 Å². The zero-order valence-electron chi connectivity index (χ0n) is 12.4. The minimum Gasteiger partial charge on any atom is -0.464 e. The van der Waals surface area contributed by atoms with Crippen molar-refractivity contribution >= 4 is 17.9 Å². The second-order valence-electron chi connectivity index (χ2n) is 5.57. The number of urea groups is 1. The van der Waals surface area contributed by atoms with Gasteiger partial charge in [-0.3, -0.25) is 4.79 Å². The number of likely N-dealkylation sites (tertiary alicyclic amines) is 2. The van der Waals surface area contributed by atoms with Gasteiger partial charge in [0.05, 0.1) is 12.5 Å². The summed E-state index contributed by atoms with van der Waals surface area (Å²) in [7, 11) is 0. The second-order valence-corrected chi connectivity index (χ2v) is 5.57. The third-order valence-electron chi connectivity index (χ3n) is 4.18. The van der Waals surface area contributed by atoms with Gasteiger partial charge in [0.15, 0.2) is 0 Å². The molecule has 0 aromatic heterocycles. The molecule has 118 valence electrons. The molecular formula is C14H23N3O4. The average molecular weight is 297 g/mol.